The zero-order chi connectivity index (χ0) is 36.8. The number of ether oxygens (including phenoxy) is 1. The Morgan fingerprint density at radius 3 is 1.48 bits per heavy atom. The number of nitrogens with one attached hydrogen (secondary N) is 1. The number of esters is 1. The van der Waals surface area contributed by atoms with E-state index in [-0.39, 0.29) is 18.0 Å². The van der Waals surface area contributed by atoms with Crippen molar-refractivity contribution in [3.8, 4) is 0 Å². The van der Waals surface area contributed by atoms with Crippen LogP contribution in [0.4, 0.5) is 0 Å². The molecule has 0 heterocycles. The van der Waals surface area contributed by atoms with Crippen LogP contribution in [0.2, 0.25) is 0 Å². The molecule has 7 heteroatoms. The highest BCUT2D eigenvalue weighted by molar-refractivity contribution is 5.83. The van der Waals surface area contributed by atoms with E-state index in [1.807, 2.05) is 0 Å². The molecule has 4 N–H and O–H groups in total. The van der Waals surface area contributed by atoms with Crippen molar-refractivity contribution in [1.29, 1.82) is 0 Å². The molecule has 0 aliphatic heterocycles. The average molecular weight is 707 g/mol. The van der Waals surface area contributed by atoms with Crippen LogP contribution in [0, 0.1) is 0 Å². The molecule has 294 valence electrons. The highest BCUT2D eigenvalue weighted by Gasteiger charge is 2.19. The summed E-state index contributed by atoms with van der Waals surface area (Å²) in [5.41, 5.74) is 5.47. The number of aliphatic carboxylic acids is 1. The van der Waals surface area contributed by atoms with Gasteiger partial charge < -0.3 is 20.9 Å². The molecule has 2 atom stereocenters. The summed E-state index contributed by atoms with van der Waals surface area (Å²) in [6, 6.07) is -0.866. The zero-order valence-electron chi connectivity index (χ0n) is 33.0. The molecule has 2 unspecified atom stereocenters. The summed E-state index contributed by atoms with van der Waals surface area (Å²) < 4.78 is 5.86. The van der Waals surface area contributed by atoms with Crippen molar-refractivity contribution in [3.63, 3.8) is 0 Å². The minimum absolute atomic E-state index is 0.0905. The van der Waals surface area contributed by atoms with Crippen LogP contribution < -0.4 is 11.1 Å². The molecule has 0 aliphatic carbocycles. The maximum absolute atomic E-state index is 12.6. The van der Waals surface area contributed by atoms with Gasteiger partial charge in [-0.1, -0.05) is 174 Å². The number of allylic oxidation sites excluding steroid dienone is 1. The first-order chi connectivity index (χ1) is 24.4. The van der Waals surface area contributed by atoms with Crippen molar-refractivity contribution in [2.45, 2.75) is 238 Å². The molecule has 0 aromatic heterocycles. The van der Waals surface area contributed by atoms with Crippen molar-refractivity contribution in [2.75, 3.05) is 6.54 Å². The molecule has 0 aliphatic rings. The normalized spacial score (nSPS) is 12.7. The Morgan fingerprint density at radius 2 is 1.02 bits per heavy atom. The van der Waals surface area contributed by atoms with Gasteiger partial charge in [0.15, 0.2) is 0 Å². The monoisotopic (exact) mass is 707 g/mol. The van der Waals surface area contributed by atoms with E-state index in [4.69, 9.17) is 10.5 Å². The van der Waals surface area contributed by atoms with Gasteiger partial charge in [0.25, 0.3) is 0 Å². The maximum atomic E-state index is 12.6. The minimum Gasteiger partial charge on any atom is -0.480 e. The zero-order valence-corrected chi connectivity index (χ0v) is 33.0. The third kappa shape index (κ3) is 34.6. The van der Waals surface area contributed by atoms with E-state index in [2.05, 4.69) is 31.3 Å². The van der Waals surface area contributed by atoms with E-state index < -0.39 is 12.0 Å². The van der Waals surface area contributed by atoms with Crippen molar-refractivity contribution in [1.82, 2.24) is 5.32 Å². The number of hydrogen-bond donors (Lipinski definition) is 3. The molecule has 0 aromatic rings. The summed E-state index contributed by atoms with van der Waals surface area (Å²) in [7, 11) is 0. The van der Waals surface area contributed by atoms with Gasteiger partial charge >= 0.3 is 11.9 Å². The van der Waals surface area contributed by atoms with E-state index in [0.717, 1.165) is 57.8 Å². The molecule has 50 heavy (non-hydrogen) atoms. The van der Waals surface area contributed by atoms with E-state index in [1.54, 1.807) is 0 Å². The van der Waals surface area contributed by atoms with Gasteiger partial charge in [0.1, 0.15) is 12.1 Å². The summed E-state index contributed by atoms with van der Waals surface area (Å²) in [6.45, 7) is 4.87. The van der Waals surface area contributed by atoms with Crippen molar-refractivity contribution < 1.29 is 24.2 Å². The summed E-state index contributed by atoms with van der Waals surface area (Å²) in [5.74, 6) is -1.33. The predicted octanol–water partition coefficient (Wildman–Crippen LogP) is 11.9. The van der Waals surface area contributed by atoms with Crippen molar-refractivity contribution in [3.05, 3.63) is 12.2 Å². The largest absolute Gasteiger partial charge is 0.480 e. The lowest BCUT2D eigenvalue weighted by Gasteiger charge is -2.15. The van der Waals surface area contributed by atoms with E-state index in [9.17, 15) is 19.5 Å². The maximum Gasteiger partial charge on any atom is 0.326 e. The van der Waals surface area contributed by atoms with Crippen LogP contribution in [0.1, 0.15) is 226 Å². The number of nitrogens with two attached hydrogens (primary N) is 1. The molecule has 0 bridgehead atoms. The van der Waals surface area contributed by atoms with Crippen LogP contribution in [-0.4, -0.2) is 41.6 Å². The number of carbonyl (C=O) groups excluding carboxylic acids is 2. The lowest BCUT2D eigenvalue weighted by molar-refractivity contribution is -0.147. The molecule has 0 saturated heterocycles. The molecule has 1 amide bonds. The number of rotatable bonds is 39. The van der Waals surface area contributed by atoms with Crippen LogP contribution >= 0.6 is 0 Å². The topological polar surface area (TPSA) is 119 Å². The Kier molecular flexibility index (Phi) is 36.9. The minimum atomic E-state index is -1.01. The van der Waals surface area contributed by atoms with Gasteiger partial charge in [0.05, 0.1) is 0 Å². The fourth-order valence-corrected chi connectivity index (χ4v) is 6.52. The van der Waals surface area contributed by atoms with Gasteiger partial charge in [-0.05, 0) is 57.6 Å². The Balaban J connectivity index is 3.88. The number of carboxylic acid groups (broad SMARTS) is 1. The molecule has 0 spiro atoms. The van der Waals surface area contributed by atoms with Crippen LogP contribution in [0.15, 0.2) is 12.2 Å². The number of amides is 1. The highest BCUT2D eigenvalue weighted by Crippen LogP contribution is 2.17. The second kappa shape index (κ2) is 38.3. The molecule has 0 fully saturated rings. The quantitative estimate of drug-likeness (QED) is 0.0332. The second-order valence-electron chi connectivity index (χ2n) is 14.8. The first-order valence-corrected chi connectivity index (χ1v) is 21.5. The number of carboxylic acids is 1. The Morgan fingerprint density at radius 1 is 0.580 bits per heavy atom. The van der Waals surface area contributed by atoms with Gasteiger partial charge in [-0.15, -0.1) is 0 Å². The van der Waals surface area contributed by atoms with Gasteiger partial charge in [-0.3, -0.25) is 9.59 Å². The fraction of sp³-hybridized carbons (Fsp3) is 0.884. The number of carbonyl (C=O) groups is 3. The first kappa shape index (κ1) is 48.1. The van der Waals surface area contributed by atoms with E-state index in [0.29, 0.717) is 38.6 Å². The van der Waals surface area contributed by atoms with Crippen molar-refractivity contribution >= 4 is 17.8 Å². The summed E-state index contributed by atoms with van der Waals surface area (Å²) in [5, 5.41) is 11.9. The third-order valence-corrected chi connectivity index (χ3v) is 9.82. The smallest absolute Gasteiger partial charge is 0.326 e. The van der Waals surface area contributed by atoms with Crippen molar-refractivity contribution in [2.24, 2.45) is 5.73 Å². The summed E-state index contributed by atoms with van der Waals surface area (Å²) in [6.07, 6.45) is 41.7. The molecule has 0 rings (SSSR count). The van der Waals surface area contributed by atoms with E-state index >= 15 is 0 Å². The van der Waals surface area contributed by atoms with E-state index in [1.165, 1.54) is 122 Å². The highest BCUT2D eigenvalue weighted by atomic mass is 16.5. The van der Waals surface area contributed by atoms with Crippen LogP contribution in [-0.2, 0) is 19.1 Å². The van der Waals surface area contributed by atoms with Gasteiger partial charge in [0.2, 0.25) is 5.91 Å². The Bertz CT molecular complexity index is 802. The fourth-order valence-electron chi connectivity index (χ4n) is 6.52. The SMILES string of the molecule is CCCC/C=C\C(CCCCCCC(=O)NC(CCCN)C(=O)O)OC(=O)CCCCCCCCCCCCCCCCCCCCCCC. The van der Waals surface area contributed by atoms with Gasteiger partial charge in [-0.2, -0.15) is 0 Å². The third-order valence-electron chi connectivity index (χ3n) is 9.82. The predicted molar refractivity (Wildman–Crippen MR) is 211 cm³/mol. The Hall–Kier alpha value is -1.89. The van der Waals surface area contributed by atoms with Crippen LogP contribution in [0.5, 0.6) is 0 Å². The van der Waals surface area contributed by atoms with Gasteiger partial charge in [-0.25, -0.2) is 4.79 Å². The summed E-state index contributed by atoms with van der Waals surface area (Å²) >= 11 is 0. The first-order valence-electron chi connectivity index (χ1n) is 21.5. The Labute approximate surface area is 309 Å². The molecule has 0 saturated carbocycles. The number of hydrogen-bond acceptors (Lipinski definition) is 5. The summed E-state index contributed by atoms with van der Waals surface area (Å²) in [4.78, 5) is 36.1. The molecule has 7 nitrogen and oxygen atoms in total. The molecular weight excluding hydrogens is 624 g/mol. The lowest BCUT2D eigenvalue weighted by atomic mass is 10.0. The van der Waals surface area contributed by atoms with Crippen LogP contribution in [0.3, 0.4) is 0 Å². The second-order valence-corrected chi connectivity index (χ2v) is 14.8. The molecule has 0 radical (unpaired) electrons. The van der Waals surface area contributed by atoms with Gasteiger partial charge in [0, 0.05) is 12.8 Å². The number of unbranched alkanes of at least 4 members (excludes halogenated alkanes) is 25. The molecule has 0 aromatic carbocycles. The standard InChI is InChI=1S/C43H82N2O5/c1-3-5-7-9-10-11-12-13-14-15-16-17-18-19-20-21-22-23-24-25-31-37-42(47)50-39(33-28-8-6-4-2)34-29-26-27-30-36-41(46)45-40(43(48)49)35-32-38-44/h28,33,39-40H,3-27,29-32,34-38,44H2,1-2H3,(H,45,46)(H,48,49)/b33-28-. The molecular formula is C43H82N2O5. The van der Waals surface area contributed by atoms with Crippen LogP contribution in [0.25, 0.3) is 0 Å². The average Bonchev–Trinajstić information content (AvgIpc) is 3.10. The lowest BCUT2D eigenvalue weighted by Crippen LogP contribution is -2.40.